The van der Waals surface area contributed by atoms with Crippen molar-refractivity contribution in [3.8, 4) is 0 Å². The second-order valence-electron chi connectivity index (χ2n) is 5.49. The number of carbonyl (C=O) groups excluding carboxylic acids is 1. The van der Waals surface area contributed by atoms with Crippen molar-refractivity contribution in [2.24, 2.45) is 0 Å². The molecule has 0 aromatic rings. The van der Waals surface area contributed by atoms with E-state index >= 15 is 0 Å². The minimum atomic E-state index is -4.09. The van der Waals surface area contributed by atoms with Gasteiger partial charge in [0.15, 0.2) is 14.6 Å². The molecular formula is C12H21NO5S. The van der Waals surface area contributed by atoms with E-state index in [9.17, 15) is 18.0 Å². The Balaban J connectivity index is 2.83. The van der Waals surface area contributed by atoms with Crippen molar-refractivity contribution in [1.82, 2.24) is 5.32 Å². The van der Waals surface area contributed by atoms with E-state index in [4.69, 9.17) is 5.11 Å². The van der Waals surface area contributed by atoms with Gasteiger partial charge in [-0.15, -0.1) is 0 Å². The Morgan fingerprint density at radius 2 is 1.74 bits per heavy atom. The number of amides is 1. The Bertz CT molecular complexity index is 463. The third-order valence-electron chi connectivity index (χ3n) is 3.76. The van der Waals surface area contributed by atoms with Gasteiger partial charge in [-0.25, -0.2) is 8.42 Å². The molecule has 1 atom stereocenters. The first-order valence-corrected chi connectivity index (χ1v) is 7.92. The van der Waals surface area contributed by atoms with Gasteiger partial charge in [-0.1, -0.05) is 12.8 Å². The molecule has 6 nitrogen and oxygen atoms in total. The highest BCUT2D eigenvalue weighted by molar-refractivity contribution is 7.94. The number of carboxylic acid groups (broad SMARTS) is 1. The number of hydrogen-bond acceptors (Lipinski definition) is 4. The topological polar surface area (TPSA) is 101 Å². The summed E-state index contributed by atoms with van der Waals surface area (Å²) < 4.78 is 22.4. The second-order valence-corrected chi connectivity index (χ2v) is 8.31. The minimum Gasteiger partial charge on any atom is -0.480 e. The molecule has 0 aromatic heterocycles. The zero-order valence-electron chi connectivity index (χ0n) is 11.5. The van der Waals surface area contributed by atoms with Crippen LogP contribution in [0.3, 0.4) is 0 Å². The molecular weight excluding hydrogens is 270 g/mol. The maximum atomic E-state index is 12.2. The minimum absolute atomic E-state index is 0.0121. The molecule has 1 amide bonds. The largest absolute Gasteiger partial charge is 0.480 e. The summed E-state index contributed by atoms with van der Waals surface area (Å²) in [6, 6.07) is 0.0121. The van der Waals surface area contributed by atoms with E-state index in [1.807, 2.05) is 0 Å². The molecule has 0 spiro atoms. The lowest BCUT2D eigenvalue weighted by molar-refractivity contribution is -0.139. The SMILES string of the molecule is CC(C(=O)NC1CCCC1)S(=O)(=O)C(C)(C)C(=O)O. The predicted molar refractivity (Wildman–Crippen MR) is 70.5 cm³/mol. The molecule has 7 heteroatoms. The zero-order valence-corrected chi connectivity index (χ0v) is 12.3. The van der Waals surface area contributed by atoms with Crippen molar-refractivity contribution in [3.63, 3.8) is 0 Å². The van der Waals surface area contributed by atoms with Crippen LogP contribution in [0.15, 0.2) is 0 Å². The number of hydrogen-bond donors (Lipinski definition) is 2. The van der Waals surface area contributed by atoms with Crippen molar-refractivity contribution in [1.29, 1.82) is 0 Å². The van der Waals surface area contributed by atoms with E-state index in [0.717, 1.165) is 39.5 Å². The van der Waals surface area contributed by atoms with Gasteiger partial charge in [-0.3, -0.25) is 9.59 Å². The molecule has 110 valence electrons. The number of aliphatic carboxylic acids is 1. The Morgan fingerprint density at radius 3 is 2.16 bits per heavy atom. The maximum absolute atomic E-state index is 12.2. The normalized spacial score (nSPS) is 19.1. The molecule has 1 unspecified atom stereocenters. The fourth-order valence-corrected chi connectivity index (χ4v) is 3.57. The van der Waals surface area contributed by atoms with Crippen LogP contribution in [0.25, 0.3) is 0 Å². The Morgan fingerprint density at radius 1 is 1.26 bits per heavy atom. The zero-order chi connectivity index (χ0) is 14.8. The highest BCUT2D eigenvalue weighted by Gasteiger charge is 2.47. The smallest absolute Gasteiger partial charge is 0.324 e. The number of rotatable bonds is 5. The van der Waals surface area contributed by atoms with Crippen LogP contribution in [0.2, 0.25) is 0 Å². The van der Waals surface area contributed by atoms with Crippen molar-refractivity contribution < 1.29 is 23.1 Å². The summed E-state index contributed by atoms with van der Waals surface area (Å²) >= 11 is 0. The first kappa shape index (κ1) is 15.9. The van der Waals surface area contributed by atoms with Crippen LogP contribution in [0.5, 0.6) is 0 Å². The molecule has 1 aliphatic carbocycles. The highest BCUT2D eigenvalue weighted by Crippen LogP contribution is 2.23. The van der Waals surface area contributed by atoms with Crippen LogP contribution >= 0.6 is 0 Å². The second kappa shape index (κ2) is 5.48. The predicted octanol–water partition coefficient (Wildman–Crippen LogP) is 0.712. The molecule has 1 aliphatic rings. The van der Waals surface area contributed by atoms with E-state index < -0.39 is 31.7 Å². The van der Waals surface area contributed by atoms with Gasteiger partial charge in [0.2, 0.25) is 5.91 Å². The molecule has 0 bridgehead atoms. The first-order chi connectivity index (χ1) is 8.60. The highest BCUT2D eigenvalue weighted by atomic mass is 32.2. The van der Waals surface area contributed by atoms with Crippen LogP contribution in [-0.2, 0) is 19.4 Å². The van der Waals surface area contributed by atoms with E-state index in [1.165, 1.54) is 6.92 Å². The molecule has 1 fully saturated rings. The third kappa shape index (κ3) is 3.08. The van der Waals surface area contributed by atoms with E-state index in [-0.39, 0.29) is 6.04 Å². The van der Waals surface area contributed by atoms with E-state index in [2.05, 4.69) is 5.32 Å². The van der Waals surface area contributed by atoms with Gasteiger partial charge in [-0.05, 0) is 33.6 Å². The molecule has 1 saturated carbocycles. The molecule has 0 radical (unpaired) electrons. The number of nitrogens with one attached hydrogen (secondary N) is 1. The third-order valence-corrected chi connectivity index (χ3v) is 6.50. The van der Waals surface area contributed by atoms with Crippen LogP contribution in [-0.4, -0.2) is 41.4 Å². The standard InChI is InChI=1S/C12H21NO5S/c1-8(10(14)13-9-6-4-5-7-9)19(17,18)12(2,3)11(15)16/h8-9H,4-7H2,1-3H3,(H,13,14)(H,15,16). The molecule has 19 heavy (non-hydrogen) atoms. The van der Waals surface area contributed by atoms with Crippen LogP contribution in [0.4, 0.5) is 0 Å². The van der Waals surface area contributed by atoms with E-state index in [1.54, 1.807) is 0 Å². The maximum Gasteiger partial charge on any atom is 0.324 e. The number of carboxylic acids is 1. The lowest BCUT2D eigenvalue weighted by Crippen LogP contribution is -2.51. The molecule has 0 heterocycles. The first-order valence-electron chi connectivity index (χ1n) is 6.38. The summed E-state index contributed by atoms with van der Waals surface area (Å²) in [5.41, 5.74) is 0. The average molecular weight is 291 g/mol. The van der Waals surface area contributed by atoms with Gasteiger partial charge < -0.3 is 10.4 Å². The molecule has 0 aromatic carbocycles. The number of carbonyl (C=O) groups is 2. The number of sulfone groups is 1. The van der Waals surface area contributed by atoms with E-state index in [0.29, 0.717) is 0 Å². The summed E-state index contributed by atoms with van der Waals surface area (Å²) in [5, 5.41) is 10.3. The van der Waals surface area contributed by atoms with Crippen LogP contribution in [0, 0.1) is 0 Å². The van der Waals surface area contributed by atoms with Crippen LogP contribution < -0.4 is 5.32 Å². The summed E-state index contributed by atoms with van der Waals surface area (Å²) in [7, 11) is -4.09. The average Bonchev–Trinajstić information content (AvgIpc) is 2.80. The lowest BCUT2D eigenvalue weighted by Gasteiger charge is -2.24. The van der Waals surface area contributed by atoms with Crippen LogP contribution in [0.1, 0.15) is 46.5 Å². The van der Waals surface area contributed by atoms with Crippen molar-refractivity contribution >= 4 is 21.7 Å². The summed E-state index contributed by atoms with van der Waals surface area (Å²) in [6.07, 6.45) is 3.74. The molecule has 1 rings (SSSR count). The Labute approximate surface area is 113 Å². The van der Waals surface area contributed by atoms with Crippen molar-refractivity contribution in [2.75, 3.05) is 0 Å². The van der Waals surface area contributed by atoms with Crippen molar-refractivity contribution in [3.05, 3.63) is 0 Å². The quantitative estimate of drug-likeness (QED) is 0.777. The van der Waals surface area contributed by atoms with Gasteiger partial charge in [0.05, 0.1) is 0 Å². The van der Waals surface area contributed by atoms with Gasteiger partial charge in [0, 0.05) is 6.04 Å². The molecule has 0 saturated heterocycles. The summed E-state index contributed by atoms with van der Waals surface area (Å²) in [6.45, 7) is 3.44. The van der Waals surface area contributed by atoms with Gasteiger partial charge in [0.25, 0.3) is 0 Å². The Hall–Kier alpha value is -1.11. The Kier molecular flexibility index (Phi) is 4.60. The van der Waals surface area contributed by atoms with Gasteiger partial charge in [0.1, 0.15) is 5.25 Å². The summed E-state index contributed by atoms with van der Waals surface area (Å²) in [5.74, 6) is -2.06. The van der Waals surface area contributed by atoms with Gasteiger partial charge in [-0.2, -0.15) is 0 Å². The molecule has 0 aliphatic heterocycles. The fourth-order valence-electron chi connectivity index (χ4n) is 2.09. The lowest BCUT2D eigenvalue weighted by atomic mass is 10.2. The summed E-state index contributed by atoms with van der Waals surface area (Å²) in [4.78, 5) is 23.0. The van der Waals surface area contributed by atoms with Crippen molar-refractivity contribution in [2.45, 2.75) is 62.5 Å². The monoisotopic (exact) mass is 291 g/mol. The molecule has 2 N–H and O–H groups in total. The van der Waals surface area contributed by atoms with Gasteiger partial charge >= 0.3 is 5.97 Å². The fraction of sp³-hybridized carbons (Fsp3) is 0.833.